The lowest BCUT2D eigenvalue weighted by atomic mass is 10.1. The zero-order chi connectivity index (χ0) is 13.4. The van der Waals surface area contributed by atoms with E-state index in [4.69, 9.17) is 0 Å². The van der Waals surface area contributed by atoms with Crippen LogP contribution in [0.1, 0.15) is 30.2 Å². The van der Waals surface area contributed by atoms with Crippen molar-refractivity contribution in [2.45, 2.75) is 26.7 Å². The summed E-state index contributed by atoms with van der Waals surface area (Å²) in [6, 6.07) is 13.2. The maximum absolute atomic E-state index is 4.56. The zero-order valence-electron chi connectivity index (χ0n) is 11.5. The van der Waals surface area contributed by atoms with Crippen LogP contribution in [0.3, 0.4) is 0 Å². The predicted molar refractivity (Wildman–Crippen MR) is 83.9 cm³/mol. The monoisotopic (exact) mass is 267 g/mol. The average molecular weight is 267 g/mol. The van der Waals surface area contributed by atoms with Crippen molar-refractivity contribution in [3.63, 3.8) is 0 Å². The van der Waals surface area contributed by atoms with E-state index in [2.05, 4.69) is 62.2 Å². The molecule has 0 fully saturated rings. The molecular weight excluding hydrogens is 250 g/mol. The number of nitrogens with zero attached hydrogens (tertiary/aromatic N) is 1. The number of aromatic nitrogens is 1. The molecule has 3 aromatic rings. The third-order valence-electron chi connectivity index (χ3n) is 3.34. The summed E-state index contributed by atoms with van der Waals surface area (Å²) in [5.74, 6) is 0.550. The molecule has 2 heteroatoms. The highest BCUT2D eigenvalue weighted by atomic mass is 32.1. The molecule has 0 unspecified atom stereocenters. The molecule has 0 aliphatic carbocycles. The number of hydrogen-bond donors (Lipinski definition) is 0. The minimum absolute atomic E-state index is 0.550. The average Bonchev–Trinajstić information content (AvgIpc) is 2.87. The van der Waals surface area contributed by atoms with Crippen molar-refractivity contribution in [2.75, 3.05) is 0 Å². The van der Waals surface area contributed by atoms with Crippen molar-refractivity contribution in [3.8, 4) is 10.6 Å². The first kappa shape index (κ1) is 12.4. The second kappa shape index (κ2) is 4.78. The first-order valence-corrected chi connectivity index (χ1v) is 7.41. The third kappa shape index (κ3) is 2.41. The van der Waals surface area contributed by atoms with E-state index in [9.17, 15) is 0 Å². The Kier molecular flexibility index (Phi) is 3.11. The van der Waals surface area contributed by atoms with Gasteiger partial charge in [-0.15, -0.1) is 11.3 Å². The minimum atomic E-state index is 0.550. The van der Waals surface area contributed by atoms with Gasteiger partial charge in [-0.2, -0.15) is 0 Å². The van der Waals surface area contributed by atoms with Crippen LogP contribution in [0, 0.1) is 6.92 Å². The number of aryl methyl sites for hydroxylation is 1. The molecule has 0 aliphatic rings. The number of thiazole rings is 1. The van der Waals surface area contributed by atoms with Crippen molar-refractivity contribution < 1.29 is 0 Å². The Balaban J connectivity index is 2.08. The van der Waals surface area contributed by atoms with E-state index in [1.165, 1.54) is 26.8 Å². The highest BCUT2D eigenvalue weighted by Crippen LogP contribution is 2.31. The highest BCUT2D eigenvalue weighted by molar-refractivity contribution is 7.15. The minimum Gasteiger partial charge on any atom is -0.244 e. The Morgan fingerprint density at radius 2 is 1.79 bits per heavy atom. The Morgan fingerprint density at radius 3 is 2.53 bits per heavy atom. The van der Waals surface area contributed by atoms with Gasteiger partial charge in [-0.05, 0) is 29.7 Å². The van der Waals surface area contributed by atoms with Gasteiger partial charge in [0.1, 0.15) is 5.01 Å². The molecule has 0 radical (unpaired) electrons. The number of hydrogen-bond acceptors (Lipinski definition) is 2. The van der Waals surface area contributed by atoms with Crippen molar-refractivity contribution in [1.82, 2.24) is 4.98 Å². The summed E-state index contributed by atoms with van der Waals surface area (Å²) in [4.78, 5) is 5.90. The molecule has 2 aromatic carbocycles. The molecule has 0 aliphatic heterocycles. The number of rotatable bonds is 2. The molecular formula is C17H17NS. The molecule has 0 N–H and O–H groups in total. The van der Waals surface area contributed by atoms with E-state index >= 15 is 0 Å². The van der Waals surface area contributed by atoms with Gasteiger partial charge >= 0.3 is 0 Å². The molecule has 1 aromatic heterocycles. The maximum Gasteiger partial charge on any atom is 0.123 e. The molecule has 3 rings (SSSR count). The van der Waals surface area contributed by atoms with Crippen molar-refractivity contribution >= 4 is 22.1 Å². The van der Waals surface area contributed by atoms with Crippen molar-refractivity contribution in [1.29, 1.82) is 0 Å². The van der Waals surface area contributed by atoms with Gasteiger partial charge in [0.2, 0.25) is 0 Å². The fourth-order valence-corrected chi connectivity index (χ4v) is 3.10. The Morgan fingerprint density at radius 1 is 1.00 bits per heavy atom. The summed E-state index contributed by atoms with van der Waals surface area (Å²) >= 11 is 1.80. The molecule has 0 atom stereocenters. The van der Waals surface area contributed by atoms with Crippen LogP contribution in [-0.2, 0) is 0 Å². The van der Waals surface area contributed by atoms with Crippen LogP contribution in [-0.4, -0.2) is 4.98 Å². The van der Waals surface area contributed by atoms with Gasteiger partial charge < -0.3 is 0 Å². The molecule has 0 saturated carbocycles. The van der Waals surface area contributed by atoms with Crippen LogP contribution in [0.15, 0.2) is 42.6 Å². The van der Waals surface area contributed by atoms with Crippen LogP contribution in [0.2, 0.25) is 0 Å². The first-order valence-electron chi connectivity index (χ1n) is 6.60. The van der Waals surface area contributed by atoms with Crippen LogP contribution in [0.5, 0.6) is 0 Å². The summed E-state index contributed by atoms with van der Waals surface area (Å²) in [5, 5.41) is 3.70. The second-order valence-electron chi connectivity index (χ2n) is 5.29. The molecule has 0 bridgehead atoms. The molecule has 0 spiro atoms. The van der Waals surface area contributed by atoms with Gasteiger partial charge in [0.15, 0.2) is 0 Å². The van der Waals surface area contributed by atoms with Crippen LogP contribution < -0.4 is 0 Å². The van der Waals surface area contributed by atoms with E-state index in [0.717, 1.165) is 5.01 Å². The van der Waals surface area contributed by atoms with Crippen LogP contribution >= 0.6 is 11.3 Å². The lowest BCUT2D eigenvalue weighted by Crippen LogP contribution is -1.79. The standard InChI is InChI=1S/C17H17NS/c1-11(2)16-10-18-17(19-16)14-7-6-13-5-4-12(3)8-15(13)9-14/h4-11H,1-3H3. The third-order valence-corrected chi connectivity index (χ3v) is 4.68. The van der Waals surface area contributed by atoms with Gasteiger partial charge in [0, 0.05) is 16.6 Å². The second-order valence-corrected chi connectivity index (χ2v) is 6.35. The maximum atomic E-state index is 4.56. The largest absolute Gasteiger partial charge is 0.244 e. The van der Waals surface area contributed by atoms with Gasteiger partial charge in [-0.1, -0.05) is 49.7 Å². The molecule has 0 amide bonds. The van der Waals surface area contributed by atoms with Gasteiger partial charge in [-0.25, -0.2) is 4.98 Å². The highest BCUT2D eigenvalue weighted by Gasteiger charge is 2.08. The molecule has 19 heavy (non-hydrogen) atoms. The van der Waals surface area contributed by atoms with E-state index in [1.807, 2.05) is 6.20 Å². The Hall–Kier alpha value is -1.67. The van der Waals surface area contributed by atoms with Gasteiger partial charge in [-0.3, -0.25) is 0 Å². The Bertz CT molecular complexity index is 725. The zero-order valence-corrected chi connectivity index (χ0v) is 12.3. The first-order chi connectivity index (χ1) is 9.13. The van der Waals surface area contributed by atoms with E-state index < -0.39 is 0 Å². The summed E-state index contributed by atoms with van der Waals surface area (Å²) in [5.41, 5.74) is 2.52. The Labute approximate surface area is 117 Å². The lowest BCUT2D eigenvalue weighted by molar-refractivity contribution is 0.885. The summed E-state index contributed by atoms with van der Waals surface area (Å²) in [7, 11) is 0. The van der Waals surface area contributed by atoms with Gasteiger partial charge in [0.25, 0.3) is 0 Å². The van der Waals surface area contributed by atoms with Gasteiger partial charge in [0.05, 0.1) is 0 Å². The molecule has 1 heterocycles. The summed E-state index contributed by atoms with van der Waals surface area (Å²) < 4.78 is 0. The molecule has 1 nitrogen and oxygen atoms in total. The fraction of sp³-hybridized carbons (Fsp3) is 0.235. The van der Waals surface area contributed by atoms with E-state index in [-0.39, 0.29) is 0 Å². The van der Waals surface area contributed by atoms with E-state index in [1.54, 1.807) is 11.3 Å². The fourth-order valence-electron chi connectivity index (χ4n) is 2.19. The lowest BCUT2D eigenvalue weighted by Gasteiger charge is -2.02. The van der Waals surface area contributed by atoms with E-state index in [0.29, 0.717) is 5.92 Å². The normalized spacial score (nSPS) is 11.4. The number of benzene rings is 2. The SMILES string of the molecule is Cc1ccc2ccc(-c3ncc(C(C)C)s3)cc2c1. The van der Waals surface area contributed by atoms with Crippen molar-refractivity contribution in [3.05, 3.63) is 53.0 Å². The smallest absolute Gasteiger partial charge is 0.123 e. The van der Waals surface area contributed by atoms with Crippen molar-refractivity contribution in [2.24, 2.45) is 0 Å². The topological polar surface area (TPSA) is 12.9 Å². The quantitative estimate of drug-likeness (QED) is 0.606. The molecule has 0 saturated heterocycles. The molecule has 96 valence electrons. The van der Waals surface area contributed by atoms with Crippen LogP contribution in [0.4, 0.5) is 0 Å². The predicted octanol–water partition coefficient (Wildman–Crippen LogP) is 5.40. The summed E-state index contributed by atoms with van der Waals surface area (Å²) in [6.07, 6.45) is 2.01. The van der Waals surface area contributed by atoms with Crippen LogP contribution in [0.25, 0.3) is 21.3 Å². The summed E-state index contributed by atoms with van der Waals surface area (Å²) in [6.45, 7) is 6.55. The number of fused-ring (bicyclic) bond motifs is 1.